The van der Waals surface area contributed by atoms with Gasteiger partial charge in [-0.2, -0.15) is 5.10 Å². The van der Waals surface area contributed by atoms with Crippen molar-refractivity contribution in [2.75, 3.05) is 13.1 Å². The molecule has 1 aromatic carbocycles. The zero-order valence-electron chi connectivity index (χ0n) is 15.4. The van der Waals surface area contributed by atoms with Crippen LogP contribution in [0.15, 0.2) is 47.5 Å². The van der Waals surface area contributed by atoms with Crippen LogP contribution in [-0.4, -0.2) is 47.8 Å². The first-order chi connectivity index (χ1) is 13.1. The Morgan fingerprint density at radius 2 is 1.96 bits per heavy atom. The van der Waals surface area contributed by atoms with Crippen LogP contribution in [0.3, 0.4) is 0 Å². The molecule has 1 unspecified atom stereocenters. The van der Waals surface area contributed by atoms with E-state index >= 15 is 0 Å². The van der Waals surface area contributed by atoms with Crippen LogP contribution in [0.2, 0.25) is 0 Å². The number of aryl methyl sites for hydroxylation is 2. The number of benzene rings is 1. The third kappa shape index (κ3) is 3.07. The highest BCUT2D eigenvalue weighted by Gasteiger charge is 2.31. The molecule has 1 aliphatic heterocycles. The molecule has 2 aromatic heterocycles. The van der Waals surface area contributed by atoms with Crippen molar-refractivity contribution in [3.8, 4) is 5.69 Å². The van der Waals surface area contributed by atoms with Crippen LogP contribution in [0.4, 0.5) is 0 Å². The molecule has 0 spiro atoms. The van der Waals surface area contributed by atoms with Crippen molar-refractivity contribution in [1.82, 2.24) is 28.8 Å². The number of hydrogen-bond donors (Lipinski definition) is 0. The van der Waals surface area contributed by atoms with Crippen molar-refractivity contribution in [3.63, 3.8) is 0 Å². The number of imidazole rings is 1. The van der Waals surface area contributed by atoms with Crippen molar-refractivity contribution in [2.45, 2.75) is 18.8 Å². The minimum absolute atomic E-state index is 0.00271. The maximum absolute atomic E-state index is 12.8. The van der Waals surface area contributed by atoms with Gasteiger partial charge < -0.3 is 9.47 Å². The van der Waals surface area contributed by atoms with Crippen molar-refractivity contribution in [2.24, 2.45) is 14.1 Å². The fraction of sp³-hybridized carbons (Fsp3) is 0.368. The van der Waals surface area contributed by atoms with Gasteiger partial charge in [0.2, 0.25) is 0 Å². The topological polar surface area (TPSA) is 78.0 Å². The number of nitrogens with zero attached hydrogens (tertiary/aromatic N) is 6. The molecule has 0 bridgehead atoms. The van der Waals surface area contributed by atoms with E-state index < -0.39 is 0 Å². The largest absolute Gasteiger partial charge is 0.350 e. The summed E-state index contributed by atoms with van der Waals surface area (Å²) in [5.41, 5.74) is 0.613. The molecular formula is C19H22N6O2. The number of aromatic nitrogens is 5. The predicted octanol–water partition coefficient (Wildman–Crippen LogP) is 1.32. The van der Waals surface area contributed by atoms with Gasteiger partial charge in [0.15, 0.2) is 5.82 Å². The third-order valence-corrected chi connectivity index (χ3v) is 5.05. The number of likely N-dealkylation sites (tertiary alicyclic amines) is 1. The molecule has 4 rings (SSSR count). The van der Waals surface area contributed by atoms with E-state index in [0.717, 1.165) is 18.5 Å². The van der Waals surface area contributed by atoms with Crippen molar-refractivity contribution in [1.29, 1.82) is 0 Å². The van der Waals surface area contributed by atoms with Crippen LogP contribution in [-0.2, 0) is 14.1 Å². The molecule has 0 radical (unpaired) electrons. The number of rotatable bonds is 3. The number of hydrogen-bond acceptors (Lipinski definition) is 4. The van der Waals surface area contributed by atoms with Crippen LogP contribution in [0.25, 0.3) is 5.69 Å². The van der Waals surface area contributed by atoms with Gasteiger partial charge >= 0.3 is 5.69 Å². The highest BCUT2D eigenvalue weighted by atomic mass is 16.2. The normalized spacial score (nSPS) is 17.3. The zero-order chi connectivity index (χ0) is 19.0. The molecule has 1 amide bonds. The quantitative estimate of drug-likeness (QED) is 0.700. The average molecular weight is 366 g/mol. The lowest BCUT2D eigenvalue weighted by Crippen LogP contribution is -2.41. The number of carbonyl (C=O) groups excluding carboxylic acids is 1. The Hall–Kier alpha value is -3.16. The molecule has 1 atom stereocenters. The van der Waals surface area contributed by atoms with Crippen LogP contribution < -0.4 is 5.69 Å². The molecule has 0 aliphatic carbocycles. The first-order valence-electron chi connectivity index (χ1n) is 9.04. The highest BCUT2D eigenvalue weighted by molar-refractivity contribution is 5.90. The molecule has 8 heteroatoms. The van der Waals surface area contributed by atoms with Gasteiger partial charge in [-0.3, -0.25) is 4.79 Å². The lowest BCUT2D eigenvalue weighted by molar-refractivity contribution is 0.0687. The molecular weight excluding hydrogens is 344 g/mol. The summed E-state index contributed by atoms with van der Waals surface area (Å²) in [6.45, 7) is 1.21. The molecule has 140 valence electrons. The lowest BCUT2D eigenvalue weighted by atomic mass is 9.97. The number of amides is 1. The fourth-order valence-electron chi connectivity index (χ4n) is 3.65. The molecule has 0 N–H and O–H groups in total. The van der Waals surface area contributed by atoms with Gasteiger partial charge in [0.25, 0.3) is 5.91 Å². The molecule has 3 heterocycles. The van der Waals surface area contributed by atoms with E-state index in [1.54, 1.807) is 28.6 Å². The van der Waals surface area contributed by atoms with Crippen molar-refractivity contribution >= 4 is 5.91 Å². The SMILES string of the molecule is Cn1ccnc1C(=O)N1CCCC(c2nn(C)c(=O)n2-c2ccccc2)C1. The van der Waals surface area contributed by atoms with Gasteiger partial charge in [-0.15, -0.1) is 0 Å². The van der Waals surface area contributed by atoms with Gasteiger partial charge in [-0.25, -0.2) is 19.0 Å². The molecule has 8 nitrogen and oxygen atoms in total. The van der Waals surface area contributed by atoms with E-state index in [4.69, 9.17) is 0 Å². The summed E-state index contributed by atoms with van der Waals surface area (Å²) in [5, 5.41) is 4.49. The first kappa shape index (κ1) is 17.3. The Labute approximate surface area is 156 Å². The van der Waals surface area contributed by atoms with E-state index in [0.29, 0.717) is 24.7 Å². The van der Waals surface area contributed by atoms with E-state index in [-0.39, 0.29) is 17.5 Å². The summed E-state index contributed by atoms with van der Waals surface area (Å²) in [6.07, 6.45) is 5.13. The molecule has 1 saturated heterocycles. The monoisotopic (exact) mass is 366 g/mol. The Morgan fingerprint density at radius 1 is 1.19 bits per heavy atom. The van der Waals surface area contributed by atoms with E-state index in [1.165, 1.54) is 4.68 Å². The van der Waals surface area contributed by atoms with Gasteiger partial charge in [0, 0.05) is 45.5 Å². The van der Waals surface area contributed by atoms with E-state index in [9.17, 15) is 9.59 Å². The smallest absolute Gasteiger partial charge is 0.335 e. The molecule has 3 aromatic rings. The van der Waals surface area contributed by atoms with Crippen LogP contribution >= 0.6 is 0 Å². The highest BCUT2D eigenvalue weighted by Crippen LogP contribution is 2.27. The summed E-state index contributed by atoms with van der Waals surface area (Å²) in [7, 11) is 3.47. The summed E-state index contributed by atoms with van der Waals surface area (Å²) in [6, 6.07) is 9.50. The van der Waals surface area contributed by atoms with Gasteiger partial charge in [-0.05, 0) is 25.0 Å². The van der Waals surface area contributed by atoms with Gasteiger partial charge in [0.1, 0.15) is 5.82 Å². The second kappa shape index (κ2) is 6.86. The number of piperidine rings is 1. The maximum atomic E-state index is 12.8. The Morgan fingerprint density at radius 3 is 2.67 bits per heavy atom. The number of para-hydroxylation sites is 1. The summed E-state index contributed by atoms with van der Waals surface area (Å²) in [5.74, 6) is 1.04. The summed E-state index contributed by atoms with van der Waals surface area (Å²) in [4.78, 5) is 31.5. The molecule has 0 saturated carbocycles. The molecule has 27 heavy (non-hydrogen) atoms. The van der Waals surface area contributed by atoms with E-state index in [1.807, 2.05) is 42.3 Å². The summed E-state index contributed by atoms with van der Waals surface area (Å²) >= 11 is 0. The predicted molar refractivity (Wildman–Crippen MR) is 99.9 cm³/mol. The fourth-order valence-corrected chi connectivity index (χ4v) is 3.65. The molecule has 1 fully saturated rings. The minimum atomic E-state index is -0.177. The molecule has 1 aliphatic rings. The lowest BCUT2D eigenvalue weighted by Gasteiger charge is -2.32. The first-order valence-corrected chi connectivity index (χ1v) is 9.04. The third-order valence-electron chi connectivity index (χ3n) is 5.05. The Balaban J connectivity index is 1.66. The van der Waals surface area contributed by atoms with Crippen LogP contribution in [0.5, 0.6) is 0 Å². The van der Waals surface area contributed by atoms with Crippen molar-refractivity contribution < 1.29 is 4.79 Å². The van der Waals surface area contributed by atoms with Crippen LogP contribution in [0.1, 0.15) is 35.2 Å². The maximum Gasteiger partial charge on any atom is 0.350 e. The second-order valence-electron chi connectivity index (χ2n) is 6.89. The van der Waals surface area contributed by atoms with Crippen LogP contribution in [0, 0.1) is 0 Å². The van der Waals surface area contributed by atoms with E-state index in [2.05, 4.69) is 10.1 Å². The van der Waals surface area contributed by atoms with Gasteiger partial charge in [-0.1, -0.05) is 18.2 Å². The Kier molecular flexibility index (Phi) is 4.39. The van der Waals surface area contributed by atoms with Gasteiger partial charge in [0.05, 0.1) is 5.69 Å². The Bertz CT molecular complexity index is 1020. The second-order valence-corrected chi connectivity index (χ2v) is 6.89. The average Bonchev–Trinajstić information content (AvgIpc) is 3.25. The zero-order valence-corrected chi connectivity index (χ0v) is 15.4. The minimum Gasteiger partial charge on any atom is -0.335 e. The standard InChI is InChI=1S/C19H22N6O2/c1-22-12-10-20-17(22)18(26)24-11-6-7-14(13-24)16-21-23(2)19(27)25(16)15-8-4-3-5-9-15/h3-5,8-10,12,14H,6-7,11,13H2,1-2H3. The van der Waals surface area contributed by atoms with Crippen molar-refractivity contribution in [3.05, 3.63) is 64.9 Å². The summed E-state index contributed by atoms with van der Waals surface area (Å²) < 4.78 is 4.74. The number of carbonyl (C=O) groups is 1.